The van der Waals surface area contributed by atoms with Crippen molar-refractivity contribution in [2.45, 2.75) is 32.7 Å². The van der Waals surface area contributed by atoms with Crippen LogP contribution in [0.15, 0.2) is 48.7 Å². The number of nitrogens with zero attached hydrogens (tertiary/aromatic N) is 2. The zero-order chi connectivity index (χ0) is 17.8. The molecule has 1 N–H and O–H groups in total. The summed E-state index contributed by atoms with van der Waals surface area (Å²) in [5, 5.41) is 8.37. The van der Waals surface area contributed by atoms with Crippen LogP contribution in [0, 0.1) is 5.92 Å². The minimum Gasteiger partial charge on any atom is -0.494 e. The number of aromatic nitrogens is 2. The first-order valence-electron chi connectivity index (χ1n) is 9.66. The fourth-order valence-corrected chi connectivity index (χ4v) is 4.07. The van der Waals surface area contributed by atoms with Gasteiger partial charge in [-0.05, 0) is 74.0 Å². The van der Waals surface area contributed by atoms with Crippen molar-refractivity contribution in [2.75, 3.05) is 19.7 Å². The molecule has 0 saturated carbocycles. The summed E-state index contributed by atoms with van der Waals surface area (Å²) in [4.78, 5) is 2.59. The maximum atomic E-state index is 5.64. The zero-order valence-electron chi connectivity index (χ0n) is 15.4. The van der Waals surface area contributed by atoms with Crippen LogP contribution < -0.4 is 4.74 Å². The predicted octanol–water partition coefficient (Wildman–Crippen LogP) is 4.42. The highest BCUT2D eigenvalue weighted by atomic mass is 16.5. The second kappa shape index (κ2) is 7.92. The Bertz CT molecular complexity index is 857. The minimum absolute atomic E-state index is 0.719. The number of piperidine rings is 1. The topological polar surface area (TPSA) is 41.1 Å². The van der Waals surface area contributed by atoms with E-state index in [1.54, 1.807) is 0 Å². The van der Waals surface area contributed by atoms with Crippen LogP contribution in [0.1, 0.15) is 30.9 Å². The molecule has 4 nitrogen and oxygen atoms in total. The van der Waals surface area contributed by atoms with Gasteiger partial charge in [0.25, 0.3) is 0 Å². The minimum atomic E-state index is 0.719. The molecule has 0 aliphatic carbocycles. The molecule has 0 amide bonds. The molecule has 0 radical (unpaired) electrons. The van der Waals surface area contributed by atoms with Crippen LogP contribution in [0.5, 0.6) is 5.75 Å². The number of hydrogen-bond donors (Lipinski definition) is 1. The molecular weight excluding hydrogens is 322 g/mol. The van der Waals surface area contributed by atoms with Crippen molar-refractivity contribution in [1.82, 2.24) is 15.1 Å². The average molecular weight is 349 g/mol. The monoisotopic (exact) mass is 349 g/mol. The lowest BCUT2D eigenvalue weighted by atomic mass is 9.90. The van der Waals surface area contributed by atoms with Gasteiger partial charge in [-0.15, -0.1) is 0 Å². The molecule has 0 bridgehead atoms. The lowest BCUT2D eigenvalue weighted by molar-refractivity contribution is 0.167. The van der Waals surface area contributed by atoms with Crippen LogP contribution in [0.2, 0.25) is 0 Å². The van der Waals surface area contributed by atoms with Crippen LogP contribution >= 0.6 is 0 Å². The van der Waals surface area contributed by atoms with E-state index < -0.39 is 0 Å². The van der Waals surface area contributed by atoms with Crippen LogP contribution in [0.25, 0.3) is 10.9 Å². The van der Waals surface area contributed by atoms with Crippen molar-refractivity contribution in [3.8, 4) is 5.75 Å². The van der Waals surface area contributed by atoms with E-state index in [0.29, 0.717) is 0 Å². The molecule has 136 valence electrons. The molecule has 0 spiro atoms. The van der Waals surface area contributed by atoms with E-state index in [9.17, 15) is 0 Å². The van der Waals surface area contributed by atoms with Crippen LogP contribution in [0.4, 0.5) is 0 Å². The van der Waals surface area contributed by atoms with Gasteiger partial charge in [0.15, 0.2) is 0 Å². The average Bonchev–Trinajstić information content (AvgIpc) is 3.10. The molecular formula is C22H27N3O. The summed E-state index contributed by atoms with van der Waals surface area (Å²) in [5.74, 6) is 1.70. The molecule has 26 heavy (non-hydrogen) atoms. The quantitative estimate of drug-likeness (QED) is 0.716. The first-order chi connectivity index (χ1) is 12.8. The van der Waals surface area contributed by atoms with Crippen molar-refractivity contribution in [2.24, 2.45) is 5.92 Å². The Kier molecular flexibility index (Phi) is 5.21. The third kappa shape index (κ3) is 4.07. The highest BCUT2D eigenvalue weighted by Gasteiger charge is 2.20. The number of ether oxygens (including phenoxy) is 1. The lowest BCUT2D eigenvalue weighted by Crippen LogP contribution is -2.35. The van der Waals surface area contributed by atoms with E-state index in [4.69, 9.17) is 4.74 Å². The van der Waals surface area contributed by atoms with Gasteiger partial charge in [0, 0.05) is 18.5 Å². The molecule has 0 unspecified atom stereocenters. The van der Waals surface area contributed by atoms with Crippen molar-refractivity contribution >= 4 is 10.9 Å². The third-order valence-electron chi connectivity index (χ3n) is 5.25. The fourth-order valence-electron chi connectivity index (χ4n) is 4.07. The van der Waals surface area contributed by atoms with Gasteiger partial charge < -0.3 is 4.74 Å². The standard InChI is InChI=1S/C22H27N3O/c1-2-26-21-7-3-5-19(13-21)16-25-10-4-6-18(15-25)11-17-8-9-22-20(12-17)14-23-24-22/h3,5,7-9,12-14,18H,2,4,6,10-11,15-16H2,1H3,(H,23,24)/t18-/m0/s1. The van der Waals surface area contributed by atoms with Crippen molar-refractivity contribution in [1.29, 1.82) is 0 Å². The Morgan fingerprint density at radius 1 is 1.19 bits per heavy atom. The molecule has 4 rings (SSSR count). The van der Waals surface area contributed by atoms with E-state index in [0.717, 1.165) is 36.8 Å². The molecule has 1 aliphatic rings. The van der Waals surface area contributed by atoms with Gasteiger partial charge in [-0.3, -0.25) is 10.00 Å². The number of rotatable bonds is 6. The summed E-state index contributed by atoms with van der Waals surface area (Å²) in [6.07, 6.45) is 5.66. The van der Waals surface area contributed by atoms with Gasteiger partial charge in [0.1, 0.15) is 5.75 Å². The van der Waals surface area contributed by atoms with E-state index in [-0.39, 0.29) is 0 Å². The zero-order valence-corrected chi connectivity index (χ0v) is 15.4. The number of fused-ring (bicyclic) bond motifs is 1. The largest absolute Gasteiger partial charge is 0.494 e. The SMILES string of the molecule is CCOc1cccc(CN2CCC[C@@H](Cc3ccc4[nH]ncc4c3)C2)c1. The van der Waals surface area contributed by atoms with Crippen LogP contribution in [-0.4, -0.2) is 34.8 Å². The second-order valence-corrected chi connectivity index (χ2v) is 7.32. The number of nitrogens with one attached hydrogen (secondary N) is 1. The second-order valence-electron chi connectivity index (χ2n) is 7.32. The predicted molar refractivity (Wildman–Crippen MR) is 105 cm³/mol. The van der Waals surface area contributed by atoms with Crippen molar-refractivity contribution < 1.29 is 4.74 Å². The smallest absolute Gasteiger partial charge is 0.119 e. The van der Waals surface area contributed by atoms with E-state index >= 15 is 0 Å². The summed E-state index contributed by atoms with van der Waals surface area (Å²) >= 11 is 0. The van der Waals surface area contributed by atoms with E-state index in [1.165, 1.54) is 42.4 Å². The number of H-pyrrole nitrogens is 1. The fraction of sp³-hybridized carbons (Fsp3) is 0.409. The first-order valence-corrected chi connectivity index (χ1v) is 9.66. The first kappa shape index (κ1) is 17.1. The molecule has 1 atom stereocenters. The number of aromatic amines is 1. The number of benzene rings is 2. The summed E-state index contributed by atoms with van der Waals surface area (Å²) < 4.78 is 5.64. The normalized spacial score (nSPS) is 18.3. The number of likely N-dealkylation sites (tertiary alicyclic amines) is 1. The Morgan fingerprint density at radius 2 is 2.15 bits per heavy atom. The number of hydrogen-bond acceptors (Lipinski definition) is 3. The van der Waals surface area contributed by atoms with Crippen molar-refractivity contribution in [3.63, 3.8) is 0 Å². The molecule has 3 aromatic rings. The molecule has 2 aromatic carbocycles. The van der Waals surface area contributed by atoms with Gasteiger partial charge >= 0.3 is 0 Å². The summed E-state index contributed by atoms with van der Waals surface area (Å²) in [6.45, 7) is 6.12. The van der Waals surface area contributed by atoms with Crippen LogP contribution in [-0.2, 0) is 13.0 Å². The Balaban J connectivity index is 1.38. The molecule has 1 fully saturated rings. The highest BCUT2D eigenvalue weighted by Crippen LogP contribution is 2.24. The maximum Gasteiger partial charge on any atom is 0.119 e. The molecule has 1 aromatic heterocycles. The Hall–Kier alpha value is -2.33. The Morgan fingerprint density at radius 3 is 3.08 bits per heavy atom. The third-order valence-corrected chi connectivity index (χ3v) is 5.25. The van der Waals surface area contributed by atoms with Gasteiger partial charge in [0.05, 0.1) is 18.3 Å². The van der Waals surface area contributed by atoms with Gasteiger partial charge in [-0.25, -0.2) is 0 Å². The van der Waals surface area contributed by atoms with Gasteiger partial charge in [-0.1, -0.05) is 18.2 Å². The highest BCUT2D eigenvalue weighted by molar-refractivity contribution is 5.78. The maximum absolute atomic E-state index is 5.64. The summed E-state index contributed by atoms with van der Waals surface area (Å²) in [5.41, 5.74) is 3.88. The van der Waals surface area contributed by atoms with Crippen molar-refractivity contribution in [3.05, 3.63) is 59.8 Å². The Labute approximate surface area is 155 Å². The van der Waals surface area contributed by atoms with E-state index in [1.807, 2.05) is 19.2 Å². The molecule has 4 heteroatoms. The van der Waals surface area contributed by atoms with Gasteiger partial charge in [-0.2, -0.15) is 5.10 Å². The van der Waals surface area contributed by atoms with E-state index in [2.05, 4.69) is 51.5 Å². The lowest BCUT2D eigenvalue weighted by Gasteiger charge is -2.33. The summed E-state index contributed by atoms with van der Waals surface area (Å²) in [7, 11) is 0. The van der Waals surface area contributed by atoms with Crippen LogP contribution in [0.3, 0.4) is 0 Å². The summed E-state index contributed by atoms with van der Waals surface area (Å²) in [6, 6.07) is 15.2. The molecule has 1 aliphatic heterocycles. The van der Waals surface area contributed by atoms with Gasteiger partial charge in [0.2, 0.25) is 0 Å². The molecule has 2 heterocycles. The molecule has 1 saturated heterocycles.